The second-order valence-electron chi connectivity index (χ2n) is 10.9. The van der Waals surface area contributed by atoms with Crippen LogP contribution in [-0.4, -0.2) is 73.1 Å². The zero-order chi connectivity index (χ0) is 25.5. The number of methoxy groups -OCH3 is 1. The Labute approximate surface area is 214 Å². The first-order valence-corrected chi connectivity index (χ1v) is 13.2. The first-order valence-electron chi connectivity index (χ1n) is 13.2. The van der Waals surface area contributed by atoms with E-state index in [2.05, 4.69) is 46.6 Å². The lowest BCUT2D eigenvalue weighted by Gasteiger charge is -2.53. The van der Waals surface area contributed by atoms with Gasteiger partial charge in [0.15, 0.2) is 5.82 Å². The van der Waals surface area contributed by atoms with E-state index in [0.717, 1.165) is 94.3 Å². The molecule has 0 atom stereocenters. The summed E-state index contributed by atoms with van der Waals surface area (Å²) in [6.45, 7) is 15.0. The number of rotatable bonds is 9. The molecule has 0 spiro atoms. The fraction of sp³-hybridized carbons (Fsp3) is 0.667. The molecule has 1 aliphatic carbocycles. The van der Waals surface area contributed by atoms with E-state index in [1.165, 1.54) is 16.9 Å². The number of pyridine rings is 1. The maximum atomic E-state index is 6.57. The third-order valence-corrected chi connectivity index (χ3v) is 8.56. The standard InChI is InChI=1S/C27H41N7O2/c1-19-15-24(20(2)25(30-19)32(5)28-4)33-13-7-23-22(16-33)21(3)31-34(23)17-27-10-8-26(9-11-27,18-36-27)29-12-14-35-6/h15,29H,4,7-14,16-18H2,1-3,5-6H3. The molecule has 9 nitrogen and oxygen atoms in total. The number of nitrogens with zero attached hydrogens (tertiary/aromatic N) is 6. The van der Waals surface area contributed by atoms with Gasteiger partial charge in [-0.2, -0.15) is 10.2 Å². The van der Waals surface area contributed by atoms with E-state index in [9.17, 15) is 0 Å². The Hall–Kier alpha value is -2.49. The summed E-state index contributed by atoms with van der Waals surface area (Å²) in [5.74, 6) is 0.858. The monoisotopic (exact) mass is 495 g/mol. The minimum absolute atomic E-state index is 0.0932. The van der Waals surface area contributed by atoms with Gasteiger partial charge < -0.3 is 19.7 Å². The minimum atomic E-state index is -0.0932. The van der Waals surface area contributed by atoms with Crippen molar-refractivity contribution >= 4 is 18.2 Å². The Morgan fingerprint density at radius 1 is 1.25 bits per heavy atom. The predicted octanol–water partition coefficient (Wildman–Crippen LogP) is 3.14. The van der Waals surface area contributed by atoms with E-state index in [0.29, 0.717) is 0 Å². The maximum absolute atomic E-state index is 6.57. The Morgan fingerprint density at radius 2 is 2.03 bits per heavy atom. The van der Waals surface area contributed by atoms with E-state index in [1.807, 2.05) is 14.0 Å². The molecule has 2 aromatic rings. The highest BCUT2D eigenvalue weighted by Crippen LogP contribution is 2.45. The molecule has 0 radical (unpaired) electrons. The summed E-state index contributed by atoms with van der Waals surface area (Å²) in [6, 6.07) is 2.18. The number of ether oxygens (including phenoxy) is 2. The average molecular weight is 496 g/mol. The largest absolute Gasteiger partial charge is 0.383 e. The van der Waals surface area contributed by atoms with Crippen LogP contribution in [0.1, 0.15) is 53.9 Å². The fourth-order valence-electron chi connectivity index (χ4n) is 6.30. The van der Waals surface area contributed by atoms with Gasteiger partial charge in [0.25, 0.3) is 0 Å². The van der Waals surface area contributed by atoms with Crippen molar-refractivity contribution in [1.29, 1.82) is 0 Å². The molecule has 36 heavy (non-hydrogen) atoms. The Morgan fingerprint density at radius 3 is 2.69 bits per heavy atom. The van der Waals surface area contributed by atoms with Crippen molar-refractivity contribution in [3.8, 4) is 0 Å². The average Bonchev–Trinajstić information content (AvgIpc) is 3.20. The van der Waals surface area contributed by atoms with E-state index in [4.69, 9.17) is 19.6 Å². The molecule has 0 unspecified atom stereocenters. The number of anilines is 2. The van der Waals surface area contributed by atoms with Gasteiger partial charge in [0, 0.05) is 80.7 Å². The van der Waals surface area contributed by atoms with Crippen molar-refractivity contribution in [1.82, 2.24) is 20.1 Å². The lowest BCUT2D eigenvalue weighted by Crippen LogP contribution is -2.63. The van der Waals surface area contributed by atoms with Gasteiger partial charge in [-0.1, -0.05) is 0 Å². The summed E-state index contributed by atoms with van der Waals surface area (Å²) < 4.78 is 14.1. The van der Waals surface area contributed by atoms with Crippen LogP contribution in [0.25, 0.3) is 0 Å². The normalized spacial score (nSPS) is 25.2. The summed E-state index contributed by atoms with van der Waals surface area (Å²) in [5.41, 5.74) is 7.20. The third kappa shape index (κ3) is 4.53. The molecular weight excluding hydrogens is 454 g/mol. The maximum Gasteiger partial charge on any atom is 0.153 e. The lowest BCUT2D eigenvalue weighted by molar-refractivity contribution is -0.170. The van der Waals surface area contributed by atoms with Gasteiger partial charge >= 0.3 is 0 Å². The molecule has 3 fully saturated rings. The van der Waals surface area contributed by atoms with Crippen LogP contribution in [0.15, 0.2) is 11.2 Å². The Balaban J connectivity index is 1.32. The van der Waals surface area contributed by atoms with Gasteiger partial charge in [0.2, 0.25) is 0 Å². The van der Waals surface area contributed by atoms with Crippen LogP contribution >= 0.6 is 0 Å². The van der Waals surface area contributed by atoms with Crippen LogP contribution in [0.3, 0.4) is 0 Å². The van der Waals surface area contributed by atoms with Gasteiger partial charge in [-0.05, 0) is 52.5 Å². The van der Waals surface area contributed by atoms with Crippen molar-refractivity contribution < 1.29 is 9.47 Å². The second-order valence-corrected chi connectivity index (χ2v) is 10.9. The van der Waals surface area contributed by atoms with Crippen LogP contribution in [0, 0.1) is 20.8 Å². The van der Waals surface area contributed by atoms with E-state index < -0.39 is 0 Å². The molecule has 5 heterocycles. The highest BCUT2D eigenvalue weighted by molar-refractivity contribution is 5.65. The number of aromatic nitrogens is 3. The van der Waals surface area contributed by atoms with Crippen molar-refractivity contribution in [3.63, 3.8) is 0 Å². The molecule has 3 aliphatic heterocycles. The number of aryl methyl sites for hydroxylation is 2. The minimum Gasteiger partial charge on any atom is -0.383 e. The fourth-order valence-corrected chi connectivity index (χ4v) is 6.30. The SMILES string of the molecule is C=NN(C)c1nc(C)cc(N2CCc3c(c(C)nn3CC34CCC(NCCOC)(CC3)CO4)C2)c1C. The van der Waals surface area contributed by atoms with Gasteiger partial charge in [-0.3, -0.25) is 9.69 Å². The van der Waals surface area contributed by atoms with Crippen molar-refractivity contribution in [2.45, 2.75) is 77.1 Å². The van der Waals surface area contributed by atoms with E-state index in [1.54, 1.807) is 12.1 Å². The first kappa shape index (κ1) is 25.2. The van der Waals surface area contributed by atoms with Crippen LogP contribution < -0.4 is 15.2 Å². The summed E-state index contributed by atoms with van der Waals surface area (Å²) in [4.78, 5) is 7.16. The van der Waals surface area contributed by atoms with Crippen molar-refractivity contribution in [2.24, 2.45) is 5.10 Å². The summed E-state index contributed by atoms with van der Waals surface area (Å²) in [5, 5.41) is 14.6. The molecule has 6 rings (SSSR count). The lowest BCUT2D eigenvalue weighted by atomic mass is 9.71. The zero-order valence-corrected chi connectivity index (χ0v) is 22.6. The molecule has 0 aromatic carbocycles. The number of hydrazone groups is 1. The van der Waals surface area contributed by atoms with Crippen LogP contribution in [0.4, 0.5) is 11.5 Å². The van der Waals surface area contributed by atoms with Crippen LogP contribution in [0.5, 0.6) is 0 Å². The highest BCUT2D eigenvalue weighted by Gasteiger charge is 2.50. The number of hydrogen-bond acceptors (Lipinski definition) is 8. The molecule has 1 saturated carbocycles. The predicted molar refractivity (Wildman–Crippen MR) is 143 cm³/mol. The molecule has 1 N–H and O–H groups in total. The van der Waals surface area contributed by atoms with Crippen LogP contribution in [-0.2, 0) is 29.0 Å². The zero-order valence-electron chi connectivity index (χ0n) is 22.6. The molecule has 2 bridgehead atoms. The first-order chi connectivity index (χ1) is 17.3. The summed E-state index contributed by atoms with van der Waals surface area (Å²) in [7, 11) is 3.65. The second kappa shape index (κ2) is 9.76. The molecule has 0 amide bonds. The Kier molecular flexibility index (Phi) is 6.82. The molecule has 9 heteroatoms. The van der Waals surface area contributed by atoms with Crippen molar-refractivity contribution in [2.75, 3.05) is 50.4 Å². The Bertz CT molecular complexity index is 1100. The summed E-state index contributed by atoms with van der Waals surface area (Å²) in [6.07, 6.45) is 5.44. The van der Waals surface area contributed by atoms with E-state index >= 15 is 0 Å². The van der Waals surface area contributed by atoms with Crippen LogP contribution in [0.2, 0.25) is 0 Å². The number of nitrogens with one attached hydrogen (secondary N) is 1. The molecule has 2 aromatic heterocycles. The van der Waals surface area contributed by atoms with Gasteiger partial charge in [0.05, 0.1) is 31.1 Å². The summed E-state index contributed by atoms with van der Waals surface area (Å²) >= 11 is 0. The highest BCUT2D eigenvalue weighted by atomic mass is 16.5. The smallest absolute Gasteiger partial charge is 0.153 e. The molecular formula is C27H41N7O2. The molecule has 2 saturated heterocycles. The van der Waals surface area contributed by atoms with Crippen molar-refractivity contribution in [3.05, 3.63) is 34.3 Å². The van der Waals surface area contributed by atoms with Gasteiger partial charge in [-0.25, -0.2) is 4.98 Å². The molecule has 4 aliphatic rings. The van der Waals surface area contributed by atoms with Gasteiger partial charge in [-0.15, -0.1) is 0 Å². The van der Waals surface area contributed by atoms with E-state index in [-0.39, 0.29) is 11.1 Å². The topological polar surface area (TPSA) is 80.0 Å². The molecule has 196 valence electrons. The number of fused-ring (bicyclic) bond motifs is 4. The number of hydrogen-bond donors (Lipinski definition) is 1. The third-order valence-electron chi connectivity index (χ3n) is 8.56. The van der Waals surface area contributed by atoms with Gasteiger partial charge in [0.1, 0.15) is 0 Å². The quantitative estimate of drug-likeness (QED) is 0.325.